The molecule has 21 heavy (non-hydrogen) atoms. The molecular formula is C17H26BrNO2. The first-order valence-electron chi connectivity index (χ1n) is 7.67. The number of aryl methyl sites for hydroxylation is 1. The molecule has 4 heteroatoms. The summed E-state index contributed by atoms with van der Waals surface area (Å²) in [5.74, 6) is 1.46. The average molecular weight is 356 g/mol. The molecule has 0 saturated heterocycles. The van der Waals surface area contributed by atoms with Crippen LogP contribution in [0, 0.1) is 12.8 Å². The van der Waals surface area contributed by atoms with Gasteiger partial charge in [0.25, 0.3) is 0 Å². The Morgan fingerprint density at radius 1 is 1.38 bits per heavy atom. The van der Waals surface area contributed by atoms with Crippen LogP contribution in [0.2, 0.25) is 0 Å². The zero-order chi connectivity index (χ0) is 15.5. The van der Waals surface area contributed by atoms with E-state index >= 15 is 0 Å². The molecule has 0 bridgehead atoms. The fourth-order valence-electron chi connectivity index (χ4n) is 2.22. The van der Waals surface area contributed by atoms with E-state index in [4.69, 9.17) is 4.74 Å². The van der Waals surface area contributed by atoms with Crippen molar-refractivity contribution in [2.75, 3.05) is 18.5 Å². The molecule has 118 valence electrons. The molecule has 1 aromatic carbocycles. The Labute approximate surface area is 136 Å². The van der Waals surface area contributed by atoms with Crippen molar-refractivity contribution in [2.45, 2.75) is 39.5 Å². The number of carbonyl (C=O) groups is 1. The van der Waals surface area contributed by atoms with Gasteiger partial charge in [-0.3, -0.25) is 4.79 Å². The van der Waals surface area contributed by atoms with E-state index in [0.717, 1.165) is 42.5 Å². The SMILES string of the molecule is CCCC(CCBr)CNC(=O)CCOc1cccc(C)c1. The monoisotopic (exact) mass is 355 g/mol. The Kier molecular flexibility index (Phi) is 9.15. The van der Waals surface area contributed by atoms with E-state index in [0.29, 0.717) is 18.9 Å². The maximum absolute atomic E-state index is 11.8. The van der Waals surface area contributed by atoms with Crippen molar-refractivity contribution in [3.05, 3.63) is 29.8 Å². The first-order chi connectivity index (χ1) is 10.2. The second-order valence-corrected chi connectivity index (χ2v) is 6.14. The van der Waals surface area contributed by atoms with Crippen molar-refractivity contribution >= 4 is 21.8 Å². The summed E-state index contributed by atoms with van der Waals surface area (Å²) in [6.45, 7) is 5.39. The molecule has 0 aliphatic heterocycles. The maximum Gasteiger partial charge on any atom is 0.223 e. The average Bonchev–Trinajstić information content (AvgIpc) is 2.45. The molecule has 0 aliphatic carbocycles. The van der Waals surface area contributed by atoms with Gasteiger partial charge < -0.3 is 10.1 Å². The molecule has 1 N–H and O–H groups in total. The largest absolute Gasteiger partial charge is 0.493 e. The van der Waals surface area contributed by atoms with Crippen LogP contribution in [0.4, 0.5) is 0 Å². The summed E-state index contributed by atoms with van der Waals surface area (Å²) in [6, 6.07) is 7.88. The van der Waals surface area contributed by atoms with Gasteiger partial charge in [0.15, 0.2) is 0 Å². The minimum Gasteiger partial charge on any atom is -0.493 e. The molecule has 0 heterocycles. The molecule has 1 aromatic rings. The van der Waals surface area contributed by atoms with Crippen LogP contribution in [-0.2, 0) is 4.79 Å². The van der Waals surface area contributed by atoms with Crippen molar-refractivity contribution in [2.24, 2.45) is 5.92 Å². The van der Waals surface area contributed by atoms with E-state index in [-0.39, 0.29) is 5.91 Å². The molecule has 1 amide bonds. The van der Waals surface area contributed by atoms with Gasteiger partial charge in [-0.2, -0.15) is 0 Å². The van der Waals surface area contributed by atoms with Gasteiger partial charge in [-0.1, -0.05) is 41.4 Å². The highest BCUT2D eigenvalue weighted by Crippen LogP contribution is 2.13. The summed E-state index contributed by atoms with van der Waals surface area (Å²) in [4.78, 5) is 11.8. The van der Waals surface area contributed by atoms with Gasteiger partial charge in [-0.25, -0.2) is 0 Å². The number of benzene rings is 1. The van der Waals surface area contributed by atoms with Crippen LogP contribution >= 0.6 is 15.9 Å². The zero-order valence-electron chi connectivity index (χ0n) is 13.0. The number of nitrogens with one attached hydrogen (secondary N) is 1. The molecule has 0 spiro atoms. The van der Waals surface area contributed by atoms with Crippen molar-refractivity contribution in [1.29, 1.82) is 0 Å². The van der Waals surface area contributed by atoms with Gasteiger partial charge in [0.1, 0.15) is 5.75 Å². The highest BCUT2D eigenvalue weighted by atomic mass is 79.9. The standard InChI is InChI=1S/C17H26BrNO2/c1-3-5-15(8-10-18)13-19-17(20)9-11-21-16-7-4-6-14(2)12-16/h4,6-7,12,15H,3,5,8-11,13H2,1-2H3,(H,19,20). The van der Waals surface area contributed by atoms with Crippen LogP contribution in [0.5, 0.6) is 5.75 Å². The van der Waals surface area contributed by atoms with Gasteiger partial charge in [0, 0.05) is 11.9 Å². The maximum atomic E-state index is 11.8. The zero-order valence-corrected chi connectivity index (χ0v) is 14.6. The van der Waals surface area contributed by atoms with Gasteiger partial charge in [-0.15, -0.1) is 0 Å². The molecule has 0 fully saturated rings. The van der Waals surface area contributed by atoms with E-state index in [9.17, 15) is 4.79 Å². The Morgan fingerprint density at radius 3 is 2.86 bits per heavy atom. The summed E-state index contributed by atoms with van der Waals surface area (Å²) in [6.07, 6.45) is 3.82. The van der Waals surface area contributed by atoms with Crippen molar-refractivity contribution in [3.8, 4) is 5.75 Å². The third-order valence-electron chi connectivity index (χ3n) is 3.39. The van der Waals surface area contributed by atoms with Crippen molar-refractivity contribution < 1.29 is 9.53 Å². The quantitative estimate of drug-likeness (QED) is 0.642. The smallest absolute Gasteiger partial charge is 0.223 e. The van der Waals surface area contributed by atoms with E-state index in [2.05, 4.69) is 28.2 Å². The Hall–Kier alpha value is -1.03. The fraction of sp³-hybridized carbons (Fsp3) is 0.588. The lowest BCUT2D eigenvalue weighted by Crippen LogP contribution is -2.30. The van der Waals surface area contributed by atoms with Crippen LogP contribution in [0.25, 0.3) is 0 Å². The van der Waals surface area contributed by atoms with Gasteiger partial charge in [-0.05, 0) is 43.4 Å². The number of carbonyl (C=O) groups excluding carboxylic acids is 1. The molecule has 1 unspecified atom stereocenters. The van der Waals surface area contributed by atoms with Crippen molar-refractivity contribution in [3.63, 3.8) is 0 Å². The fourth-order valence-corrected chi connectivity index (χ4v) is 2.87. The normalized spacial score (nSPS) is 12.0. The van der Waals surface area contributed by atoms with E-state index < -0.39 is 0 Å². The molecule has 0 aliphatic rings. The third kappa shape index (κ3) is 8.10. The van der Waals surface area contributed by atoms with Crippen molar-refractivity contribution in [1.82, 2.24) is 5.32 Å². The predicted molar refractivity (Wildman–Crippen MR) is 91.1 cm³/mol. The first kappa shape index (κ1) is 18.0. The van der Waals surface area contributed by atoms with E-state index in [1.807, 2.05) is 31.2 Å². The highest BCUT2D eigenvalue weighted by Gasteiger charge is 2.09. The summed E-state index contributed by atoms with van der Waals surface area (Å²) < 4.78 is 5.59. The molecule has 0 aromatic heterocycles. The number of halogens is 1. The first-order valence-corrected chi connectivity index (χ1v) is 8.80. The number of hydrogen-bond acceptors (Lipinski definition) is 2. The van der Waals surface area contributed by atoms with Gasteiger partial charge in [0.05, 0.1) is 13.0 Å². The summed E-state index contributed by atoms with van der Waals surface area (Å²) in [5.41, 5.74) is 1.16. The number of alkyl halides is 1. The molecule has 1 rings (SSSR count). The number of amides is 1. The molecule has 1 atom stereocenters. The lowest BCUT2D eigenvalue weighted by atomic mass is 10.0. The number of hydrogen-bond donors (Lipinski definition) is 1. The summed E-state index contributed by atoms with van der Waals surface area (Å²) in [5, 5.41) is 4.00. The number of ether oxygens (including phenoxy) is 1. The Morgan fingerprint density at radius 2 is 2.19 bits per heavy atom. The number of rotatable bonds is 10. The summed E-state index contributed by atoms with van der Waals surface area (Å²) >= 11 is 3.47. The predicted octanol–water partition coefficient (Wildman–Crippen LogP) is 4.08. The van der Waals surface area contributed by atoms with Crippen LogP contribution < -0.4 is 10.1 Å². The Bertz CT molecular complexity index is 417. The minimum atomic E-state index is 0.0679. The molecule has 3 nitrogen and oxygen atoms in total. The van der Waals surface area contributed by atoms with Crippen LogP contribution in [0.15, 0.2) is 24.3 Å². The van der Waals surface area contributed by atoms with Gasteiger partial charge >= 0.3 is 0 Å². The van der Waals surface area contributed by atoms with Crippen LogP contribution in [-0.4, -0.2) is 24.4 Å². The second kappa shape index (κ2) is 10.7. The minimum absolute atomic E-state index is 0.0679. The second-order valence-electron chi connectivity index (χ2n) is 5.35. The van der Waals surface area contributed by atoms with E-state index in [1.54, 1.807) is 0 Å². The van der Waals surface area contributed by atoms with E-state index in [1.165, 1.54) is 0 Å². The highest BCUT2D eigenvalue weighted by molar-refractivity contribution is 9.09. The summed E-state index contributed by atoms with van der Waals surface area (Å²) in [7, 11) is 0. The molecular weight excluding hydrogens is 330 g/mol. The lowest BCUT2D eigenvalue weighted by molar-refractivity contribution is -0.121. The third-order valence-corrected chi connectivity index (χ3v) is 3.85. The van der Waals surface area contributed by atoms with Gasteiger partial charge in [0.2, 0.25) is 5.91 Å². The van der Waals surface area contributed by atoms with Crippen LogP contribution in [0.1, 0.15) is 38.2 Å². The van der Waals surface area contributed by atoms with Crippen LogP contribution in [0.3, 0.4) is 0 Å². The lowest BCUT2D eigenvalue weighted by Gasteiger charge is -2.15. The molecule has 0 saturated carbocycles. The Balaban J connectivity index is 2.21. The molecule has 0 radical (unpaired) electrons. The topological polar surface area (TPSA) is 38.3 Å².